The minimum absolute atomic E-state index is 0.324. The number of hydrogen-bond acceptors (Lipinski definition) is 3. The number of nitrogen functional groups attached to an aromatic ring is 1. The van der Waals surface area contributed by atoms with Crippen LogP contribution in [0, 0.1) is 3.57 Å². The van der Waals surface area contributed by atoms with E-state index in [1.54, 1.807) is 0 Å². The van der Waals surface area contributed by atoms with Gasteiger partial charge >= 0.3 is 0 Å². The van der Waals surface area contributed by atoms with E-state index in [1.807, 2.05) is 48.5 Å². The van der Waals surface area contributed by atoms with E-state index in [-0.39, 0.29) is 0 Å². The van der Waals surface area contributed by atoms with Gasteiger partial charge in [-0.1, -0.05) is 51.4 Å². The zero-order valence-electron chi connectivity index (χ0n) is 10.3. The summed E-state index contributed by atoms with van der Waals surface area (Å²) in [6.07, 6.45) is 0. The second-order valence-electron chi connectivity index (χ2n) is 4.26. The van der Waals surface area contributed by atoms with Crippen molar-refractivity contribution in [2.45, 2.75) is 0 Å². The lowest BCUT2D eigenvalue weighted by Crippen LogP contribution is -1.88. The Balaban J connectivity index is 2.20. The topological polar surface area (TPSA) is 52.0 Å². The lowest BCUT2D eigenvalue weighted by atomic mass is 10.0. The van der Waals surface area contributed by atoms with Crippen LogP contribution in [-0.4, -0.2) is 5.16 Å². The van der Waals surface area contributed by atoms with Crippen LogP contribution in [-0.2, 0) is 0 Å². The van der Waals surface area contributed by atoms with Gasteiger partial charge in [0.15, 0.2) is 0 Å². The number of halogens is 2. The van der Waals surface area contributed by atoms with Gasteiger partial charge in [0.2, 0.25) is 5.88 Å². The van der Waals surface area contributed by atoms with E-state index in [0.29, 0.717) is 5.88 Å². The summed E-state index contributed by atoms with van der Waals surface area (Å²) in [5, 5.41) is 4.11. The highest BCUT2D eigenvalue weighted by atomic mass is 127. The van der Waals surface area contributed by atoms with Crippen LogP contribution in [0.3, 0.4) is 0 Å². The Bertz CT molecular complexity index is 753. The molecule has 3 nitrogen and oxygen atoms in total. The van der Waals surface area contributed by atoms with E-state index >= 15 is 0 Å². The first-order valence-electron chi connectivity index (χ1n) is 5.93. The van der Waals surface area contributed by atoms with Crippen molar-refractivity contribution in [2.75, 3.05) is 5.73 Å². The average Bonchev–Trinajstić information content (AvgIpc) is 2.82. The molecule has 0 saturated carbocycles. The summed E-state index contributed by atoms with van der Waals surface area (Å²) in [6, 6.07) is 16.0. The minimum Gasteiger partial charge on any atom is -0.367 e. The molecular weight excluding hydrogens is 431 g/mol. The maximum Gasteiger partial charge on any atom is 0.230 e. The Morgan fingerprint density at radius 2 is 1.75 bits per heavy atom. The van der Waals surface area contributed by atoms with Gasteiger partial charge in [0.1, 0.15) is 5.69 Å². The number of benzene rings is 2. The third-order valence-electron chi connectivity index (χ3n) is 2.98. The van der Waals surface area contributed by atoms with Crippen LogP contribution >= 0.6 is 38.5 Å². The van der Waals surface area contributed by atoms with E-state index in [4.69, 9.17) is 10.3 Å². The summed E-state index contributed by atoms with van der Waals surface area (Å²) in [4.78, 5) is 0. The first-order valence-corrected chi connectivity index (χ1v) is 7.80. The number of rotatable bonds is 2. The van der Waals surface area contributed by atoms with Gasteiger partial charge in [-0.15, -0.1) is 0 Å². The second kappa shape index (κ2) is 5.57. The van der Waals surface area contributed by atoms with E-state index < -0.39 is 0 Å². The van der Waals surface area contributed by atoms with Crippen LogP contribution in [0.25, 0.3) is 22.4 Å². The predicted octanol–water partition coefficient (Wildman–Crippen LogP) is 4.96. The molecule has 20 heavy (non-hydrogen) atoms. The number of hydrogen-bond donors (Lipinski definition) is 1. The van der Waals surface area contributed by atoms with Crippen LogP contribution in [0.1, 0.15) is 0 Å². The molecular formula is C15H10BrIN2O. The van der Waals surface area contributed by atoms with Crippen molar-refractivity contribution in [3.8, 4) is 22.4 Å². The fourth-order valence-corrected chi connectivity index (χ4v) is 2.87. The van der Waals surface area contributed by atoms with Crippen molar-refractivity contribution in [3.63, 3.8) is 0 Å². The van der Waals surface area contributed by atoms with Crippen LogP contribution in [0.5, 0.6) is 0 Å². The maximum absolute atomic E-state index is 5.96. The molecule has 0 aliphatic carbocycles. The van der Waals surface area contributed by atoms with Crippen molar-refractivity contribution in [1.29, 1.82) is 0 Å². The Morgan fingerprint density at radius 1 is 1.05 bits per heavy atom. The standard InChI is InChI=1S/C15H10BrIN2O/c16-12-4-2-1-3-11(12)13-14(19-20-15(13)18)9-5-7-10(17)8-6-9/h1-8H,18H2. The van der Waals surface area contributed by atoms with Gasteiger partial charge in [-0.3, -0.25) is 0 Å². The number of anilines is 1. The minimum atomic E-state index is 0.324. The van der Waals surface area contributed by atoms with Gasteiger partial charge in [0.05, 0.1) is 5.56 Å². The van der Waals surface area contributed by atoms with Crippen molar-refractivity contribution >= 4 is 44.4 Å². The van der Waals surface area contributed by atoms with Crippen LogP contribution in [0.15, 0.2) is 57.5 Å². The zero-order valence-corrected chi connectivity index (χ0v) is 14.1. The van der Waals surface area contributed by atoms with Crippen molar-refractivity contribution in [1.82, 2.24) is 5.16 Å². The molecule has 1 heterocycles. The van der Waals surface area contributed by atoms with E-state index in [1.165, 1.54) is 3.57 Å². The molecule has 0 aliphatic rings. The van der Waals surface area contributed by atoms with Gasteiger partial charge in [-0.05, 0) is 40.8 Å². The molecule has 0 spiro atoms. The SMILES string of the molecule is Nc1onc(-c2ccc(I)cc2)c1-c1ccccc1Br. The van der Waals surface area contributed by atoms with E-state index in [2.05, 4.69) is 43.7 Å². The summed E-state index contributed by atoms with van der Waals surface area (Å²) in [5.74, 6) is 0.324. The van der Waals surface area contributed by atoms with Crippen molar-refractivity contribution in [3.05, 3.63) is 56.6 Å². The molecule has 0 radical (unpaired) electrons. The normalized spacial score (nSPS) is 10.7. The third-order valence-corrected chi connectivity index (χ3v) is 4.39. The fourth-order valence-electron chi connectivity index (χ4n) is 2.03. The van der Waals surface area contributed by atoms with Crippen molar-refractivity contribution in [2.24, 2.45) is 0 Å². The van der Waals surface area contributed by atoms with Crippen LogP contribution in [0.4, 0.5) is 5.88 Å². The quantitative estimate of drug-likeness (QED) is 0.573. The molecule has 3 rings (SSSR count). The molecule has 0 saturated heterocycles. The first-order chi connectivity index (χ1) is 9.66. The maximum atomic E-state index is 5.96. The van der Waals surface area contributed by atoms with Crippen LogP contribution < -0.4 is 5.73 Å². The highest BCUT2D eigenvalue weighted by Gasteiger charge is 2.18. The predicted molar refractivity (Wildman–Crippen MR) is 92.2 cm³/mol. The lowest BCUT2D eigenvalue weighted by molar-refractivity contribution is 0.439. The largest absolute Gasteiger partial charge is 0.367 e. The first kappa shape index (κ1) is 13.6. The van der Waals surface area contributed by atoms with E-state index in [9.17, 15) is 0 Å². The molecule has 0 fully saturated rings. The molecule has 0 unspecified atom stereocenters. The summed E-state index contributed by atoms with van der Waals surface area (Å²) in [7, 11) is 0. The zero-order chi connectivity index (χ0) is 14.1. The lowest BCUT2D eigenvalue weighted by Gasteiger charge is -2.05. The third kappa shape index (κ3) is 2.47. The van der Waals surface area contributed by atoms with Gasteiger partial charge in [-0.25, -0.2) is 0 Å². The smallest absolute Gasteiger partial charge is 0.230 e. The highest BCUT2D eigenvalue weighted by Crippen LogP contribution is 2.39. The van der Waals surface area contributed by atoms with Gasteiger partial charge < -0.3 is 10.3 Å². The van der Waals surface area contributed by atoms with Crippen molar-refractivity contribution < 1.29 is 4.52 Å². The van der Waals surface area contributed by atoms with Gasteiger partial charge in [0, 0.05) is 19.2 Å². The molecule has 3 aromatic rings. The monoisotopic (exact) mass is 440 g/mol. The number of aromatic nitrogens is 1. The molecule has 2 aromatic carbocycles. The molecule has 1 aromatic heterocycles. The molecule has 0 aliphatic heterocycles. The molecule has 5 heteroatoms. The Morgan fingerprint density at radius 3 is 2.45 bits per heavy atom. The number of nitrogens with two attached hydrogens (primary N) is 1. The molecule has 0 atom stereocenters. The van der Waals surface area contributed by atoms with Gasteiger partial charge in [0.25, 0.3) is 0 Å². The highest BCUT2D eigenvalue weighted by molar-refractivity contribution is 14.1. The molecule has 2 N–H and O–H groups in total. The Kier molecular flexibility index (Phi) is 3.80. The summed E-state index contributed by atoms with van der Waals surface area (Å²) in [5.41, 5.74) is 9.49. The summed E-state index contributed by atoms with van der Waals surface area (Å²) >= 11 is 5.81. The van der Waals surface area contributed by atoms with Gasteiger partial charge in [-0.2, -0.15) is 0 Å². The Hall–Kier alpha value is -1.34. The summed E-state index contributed by atoms with van der Waals surface area (Å²) in [6.45, 7) is 0. The van der Waals surface area contributed by atoms with E-state index in [0.717, 1.165) is 26.9 Å². The summed E-state index contributed by atoms with van der Waals surface area (Å²) < 4.78 is 7.33. The molecule has 0 bridgehead atoms. The second-order valence-corrected chi connectivity index (χ2v) is 6.36. The fraction of sp³-hybridized carbons (Fsp3) is 0. The number of nitrogens with zero attached hydrogens (tertiary/aromatic N) is 1. The molecule has 0 amide bonds. The van der Waals surface area contributed by atoms with Crippen LogP contribution in [0.2, 0.25) is 0 Å². The Labute approximate surface area is 138 Å². The molecule has 100 valence electrons. The average molecular weight is 441 g/mol.